The van der Waals surface area contributed by atoms with E-state index < -0.39 is 23.5 Å². The summed E-state index contributed by atoms with van der Waals surface area (Å²) in [5, 5.41) is 0.541. The number of pyridine rings is 2. The number of halogens is 6. The minimum absolute atomic E-state index is 0.0536. The van der Waals surface area contributed by atoms with Crippen molar-refractivity contribution in [1.82, 2.24) is 14.4 Å². The Kier molecular flexibility index (Phi) is 3.92. The fourth-order valence-corrected chi connectivity index (χ4v) is 3.31. The molecule has 3 aromatic heterocycles. The van der Waals surface area contributed by atoms with Crippen LogP contribution in [0.15, 0.2) is 36.5 Å². The maximum absolute atomic E-state index is 13.3. The van der Waals surface area contributed by atoms with Gasteiger partial charge in [0.15, 0.2) is 0 Å². The van der Waals surface area contributed by atoms with E-state index in [9.17, 15) is 26.3 Å². The van der Waals surface area contributed by atoms with Crippen LogP contribution < -0.4 is 0 Å². The third kappa shape index (κ3) is 3.18. The number of imidazole rings is 1. The van der Waals surface area contributed by atoms with Gasteiger partial charge in [0.2, 0.25) is 0 Å². The van der Waals surface area contributed by atoms with Crippen molar-refractivity contribution in [2.24, 2.45) is 0 Å². The van der Waals surface area contributed by atoms with Gasteiger partial charge in [-0.15, -0.1) is 0 Å². The lowest BCUT2D eigenvalue weighted by Crippen LogP contribution is -2.16. The van der Waals surface area contributed by atoms with Crippen molar-refractivity contribution in [3.05, 3.63) is 53.3 Å². The number of aromatic nitrogens is 3. The molecule has 0 aliphatic heterocycles. The molecule has 1 aromatic carbocycles. The summed E-state index contributed by atoms with van der Waals surface area (Å²) in [4.78, 5) is 8.76. The molecule has 0 bridgehead atoms. The fraction of sp³-hybridized carbons (Fsp3) is 0.300. The summed E-state index contributed by atoms with van der Waals surface area (Å²) < 4.78 is 80.9. The zero-order valence-electron chi connectivity index (χ0n) is 15.6. The fourth-order valence-electron chi connectivity index (χ4n) is 3.31. The Bertz CT molecular complexity index is 1260. The van der Waals surface area contributed by atoms with Crippen LogP contribution >= 0.6 is 0 Å². The number of nitrogens with zero attached hydrogens (tertiary/aromatic N) is 3. The first kappa shape index (κ1) is 19.5. The highest BCUT2D eigenvalue weighted by molar-refractivity contribution is 5.96. The average molecular weight is 411 g/mol. The van der Waals surface area contributed by atoms with Gasteiger partial charge in [-0.05, 0) is 30.3 Å². The number of hydrogen-bond donors (Lipinski definition) is 0. The summed E-state index contributed by atoms with van der Waals surface area (Å²) in [6, 6.07) is 6.09. The van der Waals surface area contributed by atoms with Crippen molar-refractivity contribution in [2.75, 3.05) is 0 Å². The second-order valence-electron chi connectivity index (χ2n) is 7.88. The molecule has 4 aromatic rings. The van der Waals surface area contributed by atoms with E-state index in [0.29, 0.717) is 23.0 Å². The normalized spacial score (nSPS) is 13.7. The summed E-state index contributed by atoms with van der Waals surface area (Å²) in [5.74, 6) is 0. The van der Waals surface area contributed by atoms with E-state index >= 15 is 0 Å². The molecule has 0 fully saturated rings. The van der Waals surface area contributed by atoms with Crippen LogP contribution in [-0.2, 0) is 17.8 Å². The summed E-state index contributed by atoms with van der Waals surface area (Å²) in [6.07, 6.45) is -8.83. The Morgan fingerprint density at radius 2 is 1.38 bits per heavy atom. The molecular formula is C20H15F6N3. The SMILES string of the molecule is CC(C)(C)c1ccc2c(ccn3c4cc(C(F)(F)F)c(C(F)(F)F)cc4nc23)n1. The molecule has 0 atom stereocenters. The molecule has 0 radical (unpaired) electrons. The molecule has 0 spiro atoms. The molecule has 29 heavy (non-hydrogen) atoms. The molecule has 152 valence electrons. The Balaban J connectivity index is 2.07. The lowest BCUT2D eigenvalue weighted by molar-refractivity contribution is -0.161. The molecule has 4 rings (SSSR count). The second-order valence-corrected chi connectivity index (χ2v) is 7.88. The molecular weight excluding hydrogens is 396 g/mol. The van der Waals surface area contributed by atoms with Crippen molar-refractivity contribution in [3.63, 3.8) is 0 Å². The third-order valence-electron chi connectivity index (χ3n) is 4.76. The first-order valence-corrected chi connectivity index (χ1v) is 8.67. The minimum atomic E-state index is -5.15. The van der Waals surface area contributed by atoms with E-state index in [2.05, 4.69) is 9.97 Å². The first-order valence-electron chi connectivity index (χ1n) is 8.67. The Morgan fingerprint density at radius 1 is 0.759 bits per heavy atom. The zero-order chi connectivity index (χ0) is 21.4. The lowest BCUT2D eigenvalue weighted by Gasteiger charge is -2.18. The summed E-state index contributed by atoms with van der Waals surface area (Å²) in [6.45, 7) is 5.96. The predicted molar refractivity (Wildman–Crippen MR) is 96.7 cm³/mol. The van der Waals surface area contributed by atoms with E-state index in [1.54, 1.807) is 18.2 Å². The number of rotatable bonds is 0. The first-order chi connectivity index (χ1) is 13.3. The van der Waals surface area contributed by atoms with Crippen molar-refractivity contribution in [1.29, 1.82) is 0 Å². The van der Waals surface area contributed by atoms with E-state index in [4.69, 9.17) is 0 Å². The number of alkyl halides is 6. The van der Waals surface area contributed by atoms with Crippen LogP contribution in [0.25, 0.3) is 27.6 Å². The van der Waals surface area contributed by atoms with E-state index in [-0.39, 0.29) is 22.1 Å². The van der Waals surface area contributed by atoms with Gasteiger partial charge in [0.25, 0.3) is 0 Å². The van der Waals surface area contributed by atoms with Crippen LogP contribution in [0.5, 0.6) is 0 Å². The van der Waals surface area contributed by atoms with Crippen molar-refractivity contribution < 1.29 is 26.3 Å². The van der Waals surface area contributed by atoms with Gasteiger partial charge in [0.1, 0.15) is 5.65 Å². The molecule has 0 unspecified atom stereocenters. The van der Waals surface area contributed by atoms with Crippen molar-refractivity contribution in [3.8, 4) is 0 Å². The zero-order valence-corrected chi connectivity index (χ0v) is 15.6. The van der Waals surface area contributed by atoms with Crippen LogP contribution in [0.1, 0.15) is 37.6 Å². The van der Waals surface area contributed by atoms with Crippen molar-refractivity contribution >= 4 is 27.6 Å². The largest absolute Gasteiger partial charge is 0.417 e. The highest BCUT2D eigenvalue weighted by Crippen LogP contribution is 2.42. The monoisotopic (exact) mass is 411 g/mol. The van der Waals surface area contributed by atoms with E-state index in [0.717, 1.165) is 5.69 Å². The average Bonchev–Trinajstić information content (AvgIpc) is 2.96. The molecule has 9 heteroatoms. The summed E-state index contributed by atoms with van der Waals surface area (Å²) in [7, 11) is 0. The second kappa shape index (κ2) is 5.84. The van der Waals surface area contributed by atoms with Crippen LogP contribution in [-0.4, -0.2) is 14.4 Å². The van der Waals surface area contributed by atoms with Crippen LogP contribution in [0.4, 0.5) is 26.3 Å². The number of benzene rings is 1. The van der Waals surface area contributed by atoms with Crippen LogP contribution in [0.3, 0.4) is 0 Å². The highest BCUT2D eigenvalue weighted by atomic mass is 19.4. The van der Waals surface area contributed by atoms with Gasteiger partial charge in [0, 0.05) is 22.7 Å². The van der Waals surface area contributed by atoms with E-state index in [1.165, 1.54) is 10.6 Å². The highest BCUT2D eigenvalue weighted by Gasteiger charge is 2.43. The third-order valence-corrected chi connectivity index (χ3v) is 4.76. The van der Waals surface area contributed by atoms with Crippen molar-refractivity contribution in [2.45, 2.75) is 38.5 Å². The van der Waals surface area contributed by atoms with Gasteiger partial charge in [-0.3, -0.25) is 9.38 Å². The Labute approximate surface area is 161 Å². The molecule has 0 amide bonds. The van der Waals surface area contributed by atoms with Crippen LogP contribution in [0, 0.1) is 0 Å². The van der Waals surface area contributed by atoms with Gasteiger partial charge in [-0.1, -0.05) is 20.8 Å². The quantitative estimate of drug-likeness (QED) is 0.315. The van der Waals surface area contributed by atoms with Gasteiger partial charge < -0.3 is 0 Å². The Morgan fingerprint density at radius 3 is 1.97 bits per heavy atom. The van der Waals surface area contributed by atoms with Gasteiger partial charge in [0.05, 0.1) is 27.7 Å². The lowest BCUT2D eigenvalue weighted by atomic mass is 9.91. The number of hydrogen-bond acceptors (Lipinski definition) is 2. The smallest absolute Gasteiger partial charge is 0.299 e. The molecule has 0 aliphatic carbocycles. The summed E-state index contributed by atoms with van der Waals surface area (Å²) >= 11 is 0. The van der Waals surface area contributed by atoms with Gasteiger partial charge in [-0.2, -0.15) is 26.3 Å². The molecule has 0 N–H and O–H groups in total. The molecule has 0 saturated carbocycles. The Hall–Kier alpha value is -2.84. The maximum atomic E-state index is 13.3. The molecule has 0 aliphatic rings. The van der Waals surface area contributed by atoms with Gasteiger partial charge >= 0.3 is 12.4 Å². The van der Waals surface area contributed by atoms with Crippen LogP contribution in [0.2, 0.25) is 0 Å². The number of fused-ring (bicyclic) bond motifs is 5. The minimum Gasteiger partial charge on any atom is -0.299 e. The maximum Gasteiger partial charge on any atom is 0.417 e. The standard InChI is InChI=1S/C20H15F6N3/c1-18(2,3)16-5-4-10-13(27-16)6-7-29-15-9-12(20(24,25)26)11(19(21,22)23)8-14(15)28-17(10)29/h4-9H,1-3H3. The molecule has 3 heterocycles. The predicted octanol–water partition coefficient (Wildman–Crippen LogP) is 6.37. The summed E-state index contributed by atoms with van der Waals surface area (Å²) in [5.41, 5.74) is -2.31. The van der Waals surface area contributed by atoms with Gasteiger partial charge in [-0.25, -0.2) is 4.98 Å². The molecule has 3 nitrogen and oxygen atoms in total. The topological polar surface area (TPSA) is 30.2 Å². The molecule has 0 saturated heterocycles. The van der Waals surface area contributed by atoms with E-state index in [1.807, 2.05) is 20.8 Å².